The molecule has 0 atom stereocenters. The van der Waals surface area contributed by atoms with Gasteiger partial charge in [0, 0.05) is 13.0 Å². The molecule has 1 N–H and O–H groups in total. The fourth-order valence-electron chi connectivity index (χ4n) is 0.834. The number of hydrogen-bond donors (Lipinski definition) is 1. The van der Waals surface area contributed by atoms with E-state index in [0.717, 1.165) is 6.42 Å². The van der Waals surface area contributed by atoms with Gasteiger partial charge in [-0.1, -0.05) is 0 Å². The van der Waals surface area contributed by atoms with E-state index in [-0.39, 0.29) is 6.29 Å². The molecule has 1 aliphatic heterocycles. The molecule has 1 amide bonds. The molecule has 0 aromatic rings. The van der Waals surface area contributed by atoms with Crippen molar-refractivity contribution in [1.29, 1.82) is 0 Å². The summed E-state index contributed by atoms with van der Waals surface area (Å²) in [7, 11) is 0. The number of hydrogen-bond acceptors (Lipinski definition) is 3. The lowest BCUT2D eigenvalue weighted by Crippen LogP contribution is -2.19. The second-order valence-corrected chi connectivity index (χ2v) is 2.03. The number of ether oxygens (including phenoxy) is 2. The SMILES string of the molecule is O=CNCCC1OCCO1. The Morgan fingerprint density at radius 1 is 1.50 bits per heavy atom. The highest BCUT2D eigenvalue weighted by Crippen LogP contribution is 2.05. The van der Waals surface area contributed by atoms with Crippen LogP contribution in [0.3, 0.4) is 0 Å². The Hall–Kier alpha value is -0.610. The highest BCUT2D eigenvalue weighted by molar-refractivity contribution is 5.45. The van der Waals surface area contributed by atoms with Gasteiger partial charge in [0.05, 0.1) is 13.2 Å². The third-order valence-corrected chi connectivity index (χ3v) is 1.30. The first-order chi connectivity index (χ1) is 4.93. The van der Waals surface area contributed by atoms with Gasteiger partial charge in [-0.15, -0.1) is 0 Å². The monoisotopic (exact) mass is 145 g/mol. The molecule has 0 spiro atoms. The van der Waals surface area contributed by atoms with Crippen molar-refractivity contribution in [2.24, 2.45) is 0 Å². The van der Waals surface area contributed by atoms with Gasteiger partial charge in [-0.05, 0) is 0 Å². The molecule has 0 unspecified atom stereocenters. The fraction of sp³-hybridized carbons (Fsp3) is 0.833. The summed E-state index contributed by atoms with van der Waals surface area (Å²) in [4.78, 5) is 9.79. The van der Waals surface area contributed by atoms with E-state index in [0.29, 0.717) is 26.2 Å². The Labute approximate surface area is 59.5 Å². The van der Waals surface area contributed by atoms with E-state index < -0.39 is 0 Å². The molecular weight excluding hydrogens is 134 g/mol. The highest BCUT2D eigenvalue weighted by atomic mass is 16.7. The van der Waals surface area contributed by atoms with Crippen molar-refractivity contribution in [2.45, 2.75) is 12.7 Å². The molecule has 4 heteroatoms. The number of rotatable bonds is 4. The maximum Gasteiger partial charge on any atom is 0.207 e. The van der Waals surface area contributed by atoms with Gasteiger partial charge in [0.25, 0.3) is 0 Å². The van der Waals surface area contributed by atoms with Gasteiger partial charge >= 0.3 is 0 Å². The van der Waals surface area contributed by atoms with Crippen LogP contribution in [0.5, 0.6) is 0 Å². The second kappa shape index (κ2) is 4.24. The first-order valence-electron chi connectivity index (χ1n) is 3.33. The van der Waals surface area contributed by atoms with Crippen LogP contribution in [-0.2, 0) is 14.3 Å². The predicted octanol–water partition coefficient (Wildman–Crippen LogP) is -0.505. The van der Waals surface area contributed by atoms with Crippen molar-refractivity contribution in [3.8, 4) is 0 Å². The number of amides is 1. The second-order valence-electron chi connectivity index (χ2n) is 2.03. The van der Waals surface area contributed by atoms with Gasteiger partial charge < -0.3 is 14.8 Å². The molecule has 0 bridgehead atoms. The molecular formula is C6H11NO3. The van der Waals surface area contributed by atoms with E-state index in [9.17, 15) is 4.79 Å². The van der Waals surface area contributed by atoms with Crippen molar-refractivity contribution in [1.82, 2.24) is 5.32 Å². The zero-order valence-electron chi connectivity index (χ0n) is 5.71. The first kappa shape index (κ1) is 7.50. The van der Waals surface area contributed by atoms with E-state index in [2.05, 4.69) is 5.32 Å². The van der Waals surface area contributed by atoms with Gasteiger partial charge in [-0.25, -0.2) is 0 Å². The van der Waals surface area contributed by atoms with Crippen molar-refractivity contribution in [2.75, 3.05) is 19.8 Å². The number of carbonyl (C=O) groups excluding carboxylic acids is 1. The van der Waals surface area contributed by atoms with Crippen LogP contribution >= 0.6 is 0 Å². The maximum absolute atomic E-state index is 9.79. The van der Waals surface area contributed by atoms with Crippen LogP contribution in [0.2, 0.25) is 0 Å². The van der Waals surface area contributed by atoms with E-state index >= 15 is 0 Å². The van der Waals surface area contributed by atoms with E-state index in [4.69, 9.17) is 9.47 Å². The summed E-state index contributed by atoms with van der Waals surface area (Å²) in [5.74, 6) is 0. The highest BCUT2D eigenvalue weighted by Gasteiger charge is 2.14. The Kier molecular flexibility index (Phi) is 3.18. The summed E-state index contributed by atoms with van der Waals surface area (Å²) in [5.41, 5.74) is 0. The smallest absolute Gasteiger partial charge is 0.207 e. The molecule has 1 aliphatic rings. The zero-order chi connectivity index (χ0) is 7.23. The Morgan fingerprint density at radius 3 is 2.80 bits per heavy atom. The van der Waals surface area contributed by atoms with Crippen LogP contribution in [-0.4, -0.2) is 32.5 Å². The van der Waals surface area contributed by atoms with Crippen molar-refractivity contribution < 1.29 is 14.3 Å². The average molecular weight is 145 g/mol. The third kappa shape index (κ3) is 2.33. The lowest BCUT2D eigenvalue weighted by atomic mass is 10.4. The van der Waals surface area contributed by atoms with Crippen molar-refractivity contribution in [3.63, 3.8) is 0 Å². The van der Waals surface area contributed by atoms with E-state index in [1.54, 1.807) is 0 Å². The molecule has 0 saturated carbocycles. The summed E-state index contributed by atoms with van der Waals surface area (Å²) < 4.78 is 10.2. The molecule has 0 aromatic heterocycles. The van der Waals surface area contributed by atoms with Gasteiger partial charge in [-0.2, -0.15) is 0 Å². The third-order valence-electron chi connectivity index (χ3n) is 1.30. The molecule has 0 radical (unpaired) electrons. The van der Waals surface area contributed by atoms with E-state index in [1.807, 2.05) is 0 Å². The molecule has 58 valence electrons. The molecule has 1 fully saturated rings. The Bertz CT molecular complexity index is 101. The Morgan fingerprint density at radius 2 is 2.20 bits per heavy atom. The molecule has 0 aliphatic carbocycles. The summed E-state index contributed by atoms with van der Waals surface area (Å²) in [6.07, 6.45) is 1.31. The molecule has 1 rings (SSSR count). The maximum atomic E-state index is 9.79. The molecule has 4 nitrogen and oxygen atoms in total. The fourth-order valence-corrected chi connectivity index (χ4v) is 0.834. The van der Waals surface area contributed by atoms with Crippen LogP contribution in [0.1, 0.15) is 6.42 Å². The largest absolute Gasteiger partial charge is 0.358 e. The standard InChI is InChI=1S/C6H11NO3/c8-5-7-2-1-6-9-3-4-10-6/h5-6H,1-4H2,(H,7,8). The van der Waals surface area contributed by atoms with Crippen molar-refractivity contribution in [3.05, 3.63) is 0 Å². The minimum Gasteiger partial charge on any atom is -0.358 e. The molecule has 1 saturated heterocycles. The van der Waals surface area contributed by atoms with Crippen LogP contribution in [0.4, 0.5) is 0 Å². The minimum absolute atomic E-state index is 0.104. The Balaban J connectivity index is 1.96. The normalized spacial score (nSPS) is 19.2. The molecule has 0 aromatic carbocycles. The summed E-state index contributed by atoms with van der Waals surface area (Å²) in [6.45, 7) is 1.96. The van der Waals surface area contributed by atoms with Crippen molar-refractivity contribution >= 4 is 6.41 Å². The van der Waals surface area contributed by atoms with Crippen LogP contribution < -0.4 is 5.32 Å². The van der Waals surface area contributed by atoms with Crippen LogP contribution in [0.25, 0.3) is 0 Å². The van der Waals surface area contributed by atoms with Gasteiger partial charge in [-0.3, -0.25) is 4.79 Å². The van der Waals surface area contributed by atoms with Crippen LogP contribution in [0, 0.1) is 0 Å². The van der Waals surface area contributed by atoms with Gasteiger partial charge in [0.2, 0.25) is 6.41 Å². The lowest BCUT2D eigenvalue weighted by Gasteiger charge is -2.06. The number of carbonyl (C=O) groups is 1. The summed E-state index contributed by atoms with van der Waals surface area (Å²) in [6, 6.07) is 0. The lowest BCUT2D eigenvalue weighted by molar-refractivity contribution is -0.109. The predicted molar refractivity (Wildman–Crippen MR) is 34.4 cm³/mol. The zero-order valence-corrected chi connectivity index (χ0v) is 5.71. The first-order valence-corrected chi connectivity index (χ1v) is 3.33. The summed E-state index contributed by atoms with van der Waals surface area (Å²) >= 11 is 0. The van der Waals surface area contributed by atoms with Gasteiger partial charge in [0.1, 0.15) is 0 Å². The average Bonchev–Trinajstić information content (AvgIpc) is 2.41. The summed E-state index contributed by atoms with van der Waals surface area (Å²) in [5, 5.41) is 2.53. The van der Waals surface area contributed by atoms with E-state index in [1.165, 1.54) is 0 Å². The number of nitrogens with one attached hydrogen (secondary N) is 1. The minimum atomic E-state index is -0.104. The van der Waals surface area contributed by atoms with Crippen LogP contribution in [0.15, 0.2) is 0 Å². The molecule has 10 heavy (non-hydrogen) atoms. The quantitative estimate of drug-likeness (QED) is 0.428. The molecule has 1 heterocycles. The van der Waals surface area contributed by atoms with Gasteiger partial charge in [0.15, 0.2) is 6.29 Å². The topological polar surface area (TPSA) is 47.6 Å².